The SMILES string of the molecule is CCCCCCCCCCCCCCCCCCCCC.CCCCCCCCCCCCCCCCCCCCCCCCCCCCCCCCCCCC(=O)O. The Balaban J connectivity index is 0. The van der Waals surface area contributed by atoms with Gasteiger partial charge in [-0.2, -0.15) is 0 Å². The van der Waals surface area contributed by atoms with Gasteiger partial charge in [-0.25, -0.2) is 0 Å². The third kappa shape index (κ3) is 64.2. The van der Waals surface area contributed by atoms with Crippen molar-refractivity contribution in [1.29, 1.82) is 0 Å². The van der Waals surface area contributed by atoms with Crippen LogP contribution in [0.5, 0.6) is 0 Å². The minimum atomic E-state index is -0.647. The molecule has 0 aromatic heterocycles. The number of aliphatic carboxylic acids is 1. The number of hydrogen-bond acceptors (Lipinski definition) is 1. The van der Waals surface area contributed by atoms with E-state index in [9.17, 15) is 4.79 Å². The van der Waals surface area contributed by atoms with Crippen LogP contribution in [0.2, 0.25) is 0 Å². The van der Waals surface area contributed by atoms with Gasteiger partial charge < -0.3 is 5.11 Å². The summed E-state index contributed by atoms with van der Waals surface area (Å²) in [4.78, 5) is 10.5. The molecule has 356 valence electrons. The first kappa shape index (κ1) is 60.6. The Bertz CT molecular complexity index is 685. The third-order valence-electron chi connectivity index (χ3n) is 13.2. The van der Waals surface area contributed by atoms with Crippen molar-refractivity contribution in [2.24, 2.45) is 0 Å². The Kier molecular flexibility index (Phi) is 61.1. The Morgan fingerprint density at radius 3 is 0.407 bits per heavy atom. The van der Waals surface area contributed by atoms with Gasteiger partial charge in [-0.1, -0.05) is 348 Å². The van der Waals surface area contributed by atoms with Gasteiger partial charge in [0.1, 0.15) is 0 Å². The number of carbonyl (C=O) groups is 1. The predicted octanol–water partition coefficient (Wildman–Crippen LogP) is 21.8. The average molecular weight is 834 g/mol. The van der Waals surface area contributed by atoms with Gasteiger partial charge in [0.15, 0.2) is 0 Å². The van der Waals surface area contributed by atoms with E-state index in [-0.39, 0.29) is 0 Å². The molecule has 0 rings (SSSR count). The lowest BCUT2D eigenvalue weighted by atomic mass is 10.0. The summed E-state index contributed by atoms with van der Waals surface area (Å²) in [6.07, 6.45) is 74.8. The largest absolute Gasteiger partial charge is 0.481 e. The molecule has 0 aromatic rings. The minimum Gasteiger partial charge on any atom is -0.481 e. The van der Waals surface area contributed by atoms with Crippen LogP contribution < -0.4 is 0 Å². The summed E-state index contributed by atoms with van der Waals surface area (Å²) in [6.45, 7) is 6.90. The molecular formula is C57H116O2. The average Bonchev–Trinajstić information content (AvgIpc) is 3.23. The fraction of sp³-hybridized carbons (Fsp3) is 0.982. The number of carboxylic acids is 1. The molecule has 0 spiro atoms. The van der Waals surface area contributed by atoms with Crippen molar-refractivity contribution >= 4 is 5.97 Å². The van der Waals surface area contributed by atoms with E-state index in [2.05, 4.69) is 20.8 Å². The second kappa shape index (κ2) is 59.6. The van der Waals surface area contributed by atoms with Crippen LogP contribution in [-0.4, -0.2) is 11.1 Å². The predicted molar refractivity (Wildman–Crippen MR) is 269 cm³/mol. The fourth-order valence-electron chi connectivity index (χ4n) is 8.98. The highest BCUT2D eigenvalue weighted by molar-refractivity contribution is 5.66. The molecular weight excluding hydrogens is 717 g/mol. The Hall–Kier alpha value is -0.530. The number of unbranched alkanes of at least 4 members (excludes halogenated alkanes) is 50. The molecule has 0 unspecified atom stereocenters. The van der Waals surface area contributed by atoms with E-state index in [0.717, 1.165) is 12.8 Å². The minimum absolute atomic E-state index is 0.347. The van der Waals surface area contributed by atoms with Crippen LogP contribution in [0.4, 0.5) is 0 Å². The molecule has 0 amide bonds. The van der Waals surface area contributed by atoms with Gasteiger partial charge in [-0.3, -0.25) is 4.79 Å². The number of hydrogen-bond donors (Lipinski definition) is 1. The van der Waals surface area contributed by atoms with Crippen molar-refractivity contribution in [2.75, 3.05) is 0 Å². The quantitative estimate of drug-likeness (QED) is 0.0620. The van der Waals surface area contributed by atoms with Gasteiger partial charge in [-0.15, -0.1) is 0 Å². The van der Waals surface area contributed by atoms with Crippen molar-refractivity contribution < 1.29 is 9.90 Å². The maximum atomic E-state index is 10.5. The Labute approximate surface area is 375 Å². The van der Waals surface area contributed by atoms with E-state index in [1.165, 1.54) is 321 Å². The van der Waals surface area contributed by atoms with Crippen molar-refractivity contribution in [3.63, 3.8) is 0 Å². The molecule has 0 radical (unpaired) electrons. The molecule has 0 aliphatic heterocycles. The molecule has 0 aliphatic rings. The maximum absolute atomic E-state index is 10.5. The van der Waals surface area contributed by atoms with E-state index in [0.29, 0.717) is 6.42 Å². The topological polar surface area (TPSA) is 37.3 Å². The molecule has 0 saturated carbocycles. The first-order valence-corrected chi connectivity index (χ1v) is 28.4. The van der Waals surface area contributed by atoms with Crippen LogP contribution >= 0.6 is 0 Å². The standard InChI is InChI=1S/C36H72O2.C21H44/c1-2-3-4-5-6-7-8-9-10-11-12-13-14-15-16-17-18-19-20-21-22-23-24-25-26-27-28-29-30-31-32-33-34-35-36(37)38;1-3-5-7-9-11-13-15-17-19-21-20-18-16-14-12-10-8-6-4-2/h2-35H2,1H3,(H,37,38);3-21H2,1-2H3. The highest BCUT2D eigenvalue weighted by atomic mass is 16.4. The van der Waals surface area contributed by atoms with Gasteiger partial charge in [0, 0.05) is 6.42 Å². The van der Waals surface area contributed by atoms with Crippen LogP contribution in [0.25, 0.3) is 0 Å². The molecule has 1 N–H and O–H groups in total. The van der Waals surface area contributed by atoms with Crippen molar-refractivity contribution in [2.45, 2.75) is 361 Å². The highest BCUT2D eigenvalue weighted by Gasteiger charge is 1.99. The summed E-state index contributed by atoms with van der Waals surface area (Å²) < 4.78 is 0. The monoisotopic (exact) mass is 833 g/mol. The van der Waals surface area contributed by atoms with Crippen LogP contribution in [0, 0.1) is 0 Å². The first-order chi connectivity index (χ1) is 29.2. The Morgan fingerprint density at radius 2 is 0.305 bits per heavy atom. The van der Waals surface area contributed by atoms with E-state index < -0.39 is 5.97 Å². The lowest BCUT2D eigenvalue weighted by molar-refractivity contribution is -0.137. The smallest absolute Gasteiger partial charge is 0.303 e. The van der Waals surface area contributed by atoms with E-state index in [4.69, 9.17) is 5.11 Å². The Morgan fingerprint density at radius 1 is 0.203 bits per heavy atom. The van der Waals surface area contributed by atoms with E-state index in [1.54, 1.807) is 0 Å². The molecule has 2 heteroatoms. The summed E-state index contributed by atoms with van der Waals surface area (Å²) in [6, 6.07) is 0. The molecule has 0 aliphatic carbocycles. The summed E-state index contributed by atoms with van der Waals surface area (Å²) in [5.74, 6) is -0.647. The molecule has 0 fully saturated rings. The number of rotatable bonds is 52. The summed E-state index contributed by atoms with van der Waals surface area (Å²) in [5, 5.41) is 8.63. The maximum Gasteiger partial charge on any atom is 0.303 e. The normalized spacial score (nSPS) is 11.3. The van der Waals surface area contributed by atoms with Crippen LogP contribution in [0.1, 0.15) is 361 Å². The lowest BCUT2D eigenvalue weighted by Gasteiger charge is -2.05. The zero-order valence-corrected chi connectivity index (χ0v) is 41.8. The second-order valence-corrected chi connectivity index (χ2v) is 19.5. The molecule has 0 saturated heterocycles. The molecule has 59 heavy (non-hydrogen) atoms. The second-order valence-electron chi connectivity index (χ2n) is 19.5. The number of carboxylic acid groups (broad SMARTS) is 1. The van der Waals surface area contributed by atoms with E-state index >= 15 is 0 Å². The summed E-state index contributed by atoms with van der Waals surface area (Å²) in [7, 11) is 0. The molecule has 2 nitrogen and oxygen atoms in total. The van der Waals surface area contributed by atoms with Gasteiger partial charge in [-0.05, 0) is 6.42 Å². The fourth-order valence-corrected chi connectivity index (χ4v) is 8.98. The van der Waals surface area contributed by atoms with Crippen molar-refractivity contribution in [3.05, 3.63) is 0 Å². The summed E-state index contributed by atoms with van der Waals surface area (Å²) in [5.41, 5.74) is 0. The zero-order chi connectivity index (χ0) is 43.1. The zero-order valence-electron chi connectivity index (χ0n) is 41.8. The van der Waals surface area contributed by atoms with Gasteiger partial charge >= 0.3 is 5.97 Å². The van der Waals surface area contributed by atoms with Gasteiger partial charge in [0.25, 0.3) is 0 Å². The van der Waals surface area contributed by atoms with Gasteiger partial charge in [0.2, 0.25) is 0 Å². The summed E-state index contributed by atoms with van der Waals surface area (Å²) >= 11 is 0. The molecule has 0 atom stereocenters. The molecule has 0 bridgehead atoms. The highest BCUT2D eigenvalue weighted by Crippen LogP contribution is 2.18. The molecule has 0 aromatic carbocycles. The van der Waals surface area contributed by atoms with Crippen molar-refractivity contribution in [1.82, 2.24) is 0 Å². The molecule has 0 heterocycles. The third-order valence-corrected chi connectivity index (χ3v) is 13.2. The lowest BCUT2D eigenvalue weighted by Crippen LogP contribution is -1.93. The van der Waals surface area contributed by atoms with Crippen LogP contribution in [0.3, 0.4) is 0 Å². The van der Waals surface area contributed by atoms with Crippen LogP contribution in [0.15, 0.2) is 0 Å². The van der Waals surface area contributed by atoms with Crippen LogP contribution in [-0.2, 0) is 4.79 Å². The van der Waals surface area contributed by atoms with Gasteiger partial charge in [0.05, 0.1) is 0 Å². The first-order valence-electron chi connectivity index (χ1n) is 28.4. The van der Waals surface area contributed by atoms with E-state index in [1.807, 2.05) is 0 Å². The van der Waals surface area contributed by atoms with Crippen molar-refractivity contribution in [3.8, 4) is 0 Å².